The first-order chi connectivity index (χ1) is 13.4. The van der Waals surface area contributed by atoms with E-state index >= 15 is 0 Å². The minimum absolute atomic E-state index is 0.00228. The number of aliphatic imine (C=N–C) groups is 1. The third kappa shape index (κ3) is 2.60. The van der Waals surface area contributed by atoms with E-state index < -0.39 is 11.5 Å². The van der Waals surface area contributed by atoms with E-state index in [9.17, 15) is 14.3 Å². The smallest absolute Gasteiger partial charge is 0.266 e. The molecule has 1 unspecified atom stereocenters. The van der Waals surface area contributed by atoms with Crippen molar-refractivity contribution in [1.29, 1.82) is 0 Å². The summed E-state index contributed by atoms with van der Waals surface area (Å²) in [4.78, 5) is 22.7. The lowest BCUT2D eigenvalue weighted by atomic mass is 9.81. The molecule has 4 rings (SSSR count). The molecule has 0 radical (unpaired) electrons. The van der Waals surface area contributed by atoms with Crippen molar-refractivity contribution in [2.75, 3.05) is 7.05 Å². The van der Waals surface area contributed by atoms with Crippen molar-refractivity contribution >= 4 is 11.9 Å². The van der Waals surface area contributed by atoms with Gasteiger partial charge in [0.2, 0.25) is 5.95 Å². The van der Waals surface area contributed by atoms with Crippen LogP contribution in [0.25, 0.3) is 11.1 Å². The van der Waals surface area contributed by atoms with E-state index in [0.717, 1.165) is 0 Å². The molecule has 0 spiro atoms. The van der Waals surface area contributed by atoms with E-state index in [1.54, 1.807) is 48.5 Å². The summed E-state index contributed by atoms with van der Waals surface area (Å²) < 4.78 is 14.2. The number of hydrogen-bond donors (Lipinski definition) is 2. The number of amides is 1. The molecule has 3 N–H and O–H groups in total. The molecule has 2 heterocycles. The molecule has 6 nitrogen and oxygen atoms in total. The largest absolute Gasteiger partial charge is 0.508 e. The number of likely N-dealkylation sites (N-methyl/N-ethyl adjacent to an activating group) is 1. The number of nitrogens with two attached hydrogens (primary N) is 1. The van der Waals surface area contributed by atoms with Gasteiger partial charge in [-0.3, -0.25) is 9.69 Å². The van der Waals surface area contributed by atoms with Crippen molar-refractivity contribution in [2.24, 2.45) is 10.7 Å². The lowest BCUT2D eigenvalue weighted by molar-refractivity contribution is -0.129. The fourth-order valence-electron chi connectivity index (χ4n) is 3.43. The third-order valence-corrected chi connectivity index (χ3v) is 4.85. The van der Waals surface area contributed by atoms with Crippen molar-refractivity contribution in [3.05, 3.63) is 83.9 Å². The van der Waals surface area contributed by atoms with Gasteiger partial charge in [-0.1, -0.05) is 30.3 Å². The summed E-state index contributed by atoms with van der Waals surface area (Å²) >= 11 is 0. The van der Waals surface area contributed by atoms with Gasteiger partial charge in [0, 0.05) is 18.8 Å². The van der Waals surface area contributed by atoms with E-state index in [4.69, 9.17) is 5.73 Å². The molecule has 1 aliphatic heterocycles. The standard InChI is InChI=1S/C21H17FN4O2/c1-26-19(28)21(25-20(26)23,15-7-3-8-16(27)12-15)14-6-2-5-13(11-14)17-9-4-10-24-18(17)22/h2-12,27H,1H3,(H2,23,25). The number of pyridine rings is 1. The maximum Gasteiger partial charge on any atom is 0.266 e. The van der Waals surface area contributed by atoms with Gasteiger partial charge >= 0.3 is 0 Å². The first kappa shape index (κ1) is 17.7. The average Bonchev–Trinajstić information content (AvgIpc) is 2.93. The molecule has 0 bridgehead atoms. The molecule has 1 amide bonds. The molecule has 2 aromatic carbocycles. The summed E-state index contributed by atoms with van der Waals surface area (Å²) in [6.45, 7) is 0. The zero-order chi connectivity index (χ0) is 19.9. The summed E-state index contributed by atoms with van der Waals surface area (Å²) in [5.41, 5.74) is 6.33. The first-order valence-electron chi connectivity index (χ1n) is 8.58. The van der Waals surface area contributed by atoms with Crippen molar-refractivity contribution in [1.82, 2.24) is 9.88 Å². The Morgan fingerprint density at radius 2 is 1.79 bits per heavy atom. The van der Waals surface area contributed by atoms with E-state index in [2.05, 4.69) is 9.98 Å². The number of halogens is 1. The highest BCUT2D eigenvalue weighted by atomic mass is 19.1. The van der Waals surface area contributed by atoms with Gasteiger partial charge in [-0.05, 0) is 47.0 Å². The maximum absolute atomic E-state index is 14.2. The number of aromatic hydroxyl groups is 1. The van der Waals surface area contributed by atoms with E-state index in [-0.39, 0.29) is 17.6 Å². The second-order valence-corrected chi connectivity index (χ2v) is 6.52. The molecule has 1 aliphatic rings. The van der Waals surface area contributed by atoms with E-state index in [1.165, 1.54) is 30.3 Å². The van der Waals surface area contributed by atoms with Crippen LogP contribution in [0.4, 0.5) is 4.39 Å². The molecule has 0 fully saturated rings. The minimum Gasteiger partial charge on any atom is -0.508 e. The Morgan fingerprint density at radius 1 is 1.07 bits per heavy atom. The van der Waals surface area contributed by atoms with Gasteiger partial charge in [-0.2, -0.15) is 4.39 Å². The fourth-order valence-corrected chi connectivity index (χ4v) is 3.43. The number of rotatable bonds is 3. The van der Waals surface area contributed by atoms with Crippen LogP contribution in [0.15, 0.2) is 71.9 Å². The first-order valence-corrected chi connectivity index (χ1v) is 8.58. The molecule has 28 heavy (non-hydrogen) atoms. The van der Waals surface area contributed by atoms with Gasteiger partial charge in [-0.15, -0.1) is 0 Å². The molecule has 0 saturated heterocycles. The molecule has 7 heteroatoms. The van der Waals surface area contributed by atoms with Crippen LogP contribution in [-0.2, 0) is 10.3 Å². The monoisotopic (exact) mass is 376 g/mol. The summed E-state index contributed by atoms with van der Waals surface area (Å²) in [6, 6.07) is 16.4. The van der Waals surface area contributed by atoms with Crippen molar-refractivity contribution in [2.45, 2.75) is 5.54 Å². The van der Waals surface area contributed by atoms with E-state index in [1.807, 2.05) is 0 Å². The Labute approximate surface area is 160 Å². The number of hydrogen-bond acceptors (Lipinski definition) is 5. The Morgan fingerprint density at radius 3 is 2.43 bits per heavy atom. The number of benzene rings is 2. The zero-order valence-electron chi connectivity index (χ0n) is 15.0. The second kappa shape index (κ2) is 6.45. The predicted octanol–water partition coefficient (Wildman–Crippen LogP) is 2.62. The lowest BCUT2D eigenvalue weighted by Crippen LogP contribution is -2.41. The second-order valence-electron chi connectivity index (χ2n) is 6.52. The lowest BCUT2D eigenvalue weighted by Gasteiger charge is -2.26. The van der Waals surface area contributed by atoms with Crippen LogP contribution < -0.4 is 5.73 Å². The van der Waals surface area contributed by atoms with Crippen LogP contribution >= 0.6 is 0 Å². The molecular weight excluding hydrogens is 359 g/mol. The molecular formula is C21H17FN4O2. The highest BCUT2D eigenvalue weighted by Gasteiger charge is 2.49. The Bertz CT molecular complexity index is 1110. The zero-order valence-corrected chi connectivity index (χ0v) is 15.0. The van der Waals surface area contributed by atoms with Crippen molar-refractivity contribution in [3.8, 4) is 16.9 Å². The number of carbonyl (C=O) groups excluding carboxylic acids is 1. The van der Waals surface area contributed by atoms with Gasteiger partial charge in [0.25, 0.3) is 5.91 Å². The Kier molecular flexibility index (Phi) is 4.07. The fraction of sp³-hybridized carbons (Fsp3) is 0.0952. The summed E-state index contributed by atoms with van der Waals surface area (Å²) in [5, 5.41) is 9.96. The highest BCUT2D eigenvalue weighted by molar-refractivity contribution is 6.09. The predicted molar refractivity (Wildman–Crippen MR) is 103 cm³/mol. The average molecular weight is 376 g/mol. The molecule has 0 aliphatic carbocycles. The van der Waals surface area contributed by atoms with Gasteiger partial charge in [-0.25, -0.2) is 9.98 Å². The van der Waals surface area contributed by atoms with Crippen LogP contribution in [-0.4, -0.2) is 33.9 Å². The number of aromatic nitrogens is 1. The topological polar surface area (TPSA) is 91.8 Å². The Hall–Kier alpha value is -3.74. The quantitative estimate of drug-likeness (QED) is 0.688. The number of carbonyl (C=O) groups is 1. The molecule has 1 aromatic heterocycles. The van der Waals surface area contributed by atoms with Crippen molar-refractivity contribution in [3.63, 3.8) is 0 Å². The van der Waals surface area contributed by atoms with Gasteiger partial charge in [0.1, 0.15) is 5.75 Å². The third-order valence-electron chi connectivity index (χ3n) is 4.85. The number of nitrogens with zero attached hydrogens (tertiary/aromatic N) is 3. The van der Waals surface area contributed by atoms with Crippen LogP contribution in [0.2, 0.25) is 0 Å². The van der Waals surface area contributed by atoms with Crippen LogP contribution in [0, 0.1) is 5.95 Å². The normalized spacial score (nSPS) is 19.0. The summed E-state index contributed by atoms with van der Waals surface area (Å²) in [5.74, 6) is -0.905. The number of phenolic OH excluding ortho intramolecular Hbond substituents is 1. The van der Waals surface area contributed by atoms with Gasteiger partial charge in [0.05, 0.1) is 0 Å². The molecule has 1 atom stereocenters. The molecule has 0 saturated carbocycles. The van der Waals surface area contributed by atoms with Gasteiger partial charge < -0.3 is 10.8 Å². The maximum atomic E-state index is 14.2. The highest BCUT2D eigenvalue weighted by Crippen LogP contribution is 2.41. The molecule has 3 aromatic rings. The number of phenols is 1. The van der Waals surface area contributed by atoms with Crippen LogP contribution in [0.5, 0.6) is 5.75 Å². The van der Waals surface area contributed by atoms with E-state index in [0.29, 0.717) is 22.3 Å². The van der Waals surface area contributed by atoms with Gasteiger partial charge in [0.15, 0.2) is 11.5 Å². The summed E-state index contributed by atoms with van der Waals surface area (Å²) in [7, 11) is 1.54. The Balaban J connectivity index is 1.96. The SMILES string of the molecule is CN1C(=O)C(c2cccc(O)c2)(c2cccc(-c3cccnc3F)c2)N=C1N. The summed E-state index contributed by atoms with van der Waals surface area (Å²) in [6.07, 6.45) is 1.37. The van der Waals surface area contributed by atoms with Crippen molar-refractivity contribution < 1.29 is 14.3 Å². The van der Waals surface area contributed by atoms with Crippen LogP contribution in [0.3, 0.4) is 0 Å². The minimum atomic E-state index is -1.47. The number of guanidine groups is 1. The van der Waals surface area contributed by atoms with Crippen LogP contribution in [0.1, 0.15) is 11.1 Å². The molecule has 140 valence electrons.